The normalized spacial score (nSPS) is 58.2. The van der Waals surface area contributed by atoms with Crippen molar-refractivity contribution in [2.75, 3.05) is 0 Å². The monoisotopic (exact) mass is 533 g/mol. The Hall–Kier alpha value is 0. The van der Waals surface area contributed by atoms with Crippen molar-refractivity contribution in [2.45, 2.75) is 150 Å². The molecule has 9 atom stereocenters. The molecule has 8 aliphatic rings. The fraction of sp³-hybridized carbons (Fsp3) is 1.00. The molecular weight excluding hydrogens is 468 g/mol. The van der Waals surface area contributed by atoms with Crippen molar-refractivity contribution in [3.63, 3.8) is 0 Å². The number of hydrogen-bond acceptors (Lipinski definition) is 0. The molecule has 0 bridgehead atoms. The second kappa shape index (κ2) is 9.25. The molecule has 0 aromatic rings. The molecular formula is C39H64. The lowest BCUT2D eigenvalue weighted by atomic mass is 9.38. The van der Waals surface area contributed by atoms with Crippen LogP contribution in [0.25, 0.3) is 0 Å². The zero-order chi connectivity index (χ0) is 26.7. The van der Waals surface area contributed by atoms with Crippen molar-refractivity contribution < 1.29 is 0 Å². The van der Waals surface area contributed by atoms with Gasteiger partial charge in [0.1, 0.15) is 0 Å². The molecule has 0 nitrogen and oxygen atoms in total. The highest BCUT2D eigenvalue weighted by atomic mass is 14.8. The Labute approximate surface area is 243 Å². The van der Waals surface area contributed by atoms with Gasteiger partial charge in [-0.3, -0.25) is 0 Å². The Morgan fingerprint density at radius 3 is 1.97 bits per heavy atom. The van der Waals surface area contributed by atoms with Crippen LogP contribution in [0.3, 0.4) is 0 Å². The third-order valence-electron chi connectivity index (χ3n) is 16.8. The summed E-state index contributed by atoms with van der Waals surface area (Å²) in [5.41, 5.74) is 2.48. The topological polar surface area (TPSA) is 0 Å². The van der Waals surface area contributed by atoms with E-state index < -0.39 is 0 Å². The lowest BCUT2D eigenvalue weighted by Crippen LogP contribution is -2.57. The van der Waals surface area contributed by atoms with Crippen LogP contribution in [0.5, 0.6) is 0 Å². The van der Waals surface area contributed by atoms with Crippen LogP contribution in [0.1, 0.15) is 150 Å². The van der Waals surface area contributed by atoms with Gasteiger partial charge in [0.25, 0.3) is 0 Å². The highest BCUT2D eigenvalue weighted by molar-refractivity contribution is 5.22. The first-order valence-corrected chi connectivity index (χ1v) is 18.8. The predicted molar refractivity (Wildman–Crippen MR) is 164 cm³/mol. The zero-order valence-corrected chi connectivity index (χ0v) is 26.7. The van der Waals surface area contributed by atoms with Gasteiger partial charge in [-0.15, -0.1) is 0 Å². The fourth-order valence-corrected chi connectivity index (χ4v) is 14.9. The van der Waals surface area contributed by atoms with Crippen molar-refractivity contribution in [1.82, 2.24) is 0 Å². The van der Waals surface area contributed by atoms with Gasteiger partial charge in [0.15, 0.2) is 0 Å². The number of rotatable bonds is 6. The Morgan fingerprint density at radius 2 is 1.31 bits per heavy atom. The second-order valence-electron chi connectivity index (χ2n) is 19.0. The summed E-state index contributed by atoms with van der Waals surface area (Å²) in [7, 11) is 0. The van der Waals surface area contributed by atoms with Gasteiger partial charge in [0.2, 0.25) is 0 Å². The largest absolute Gasteiger partial charge is 0.0651 e. The van der Waals surface area contributed by atoms with Crippen LogP contribution >= 0.6 is 0 Å². The van der Waals surface area contributed by atoms with E-state index in [0.29, 0.717) is 0 Å². The first kappa shape index (κ1) is 26.6. The molecule has 0 saturated heterocycles. The van der Waals surface area contributed by atoms with Gasteiger partial charge in [0.05, 0.1) is 0 Å². The quantitative estimate of drug-likeness (QED) is 0.319. The summed E-state index contributed by atoms with van der Waals surface area (Å²) >= 11 is 0. The molecule has 3 spiro atoms. The van der Waals surface area contributed by atoms with Gasteiger partial charge in [-0.2, -0.15) is 0 Å². The Balaban J connectivity index is 0.931. The molecule has 0 amide bonds. The molecule has 0 radical (unpaired) electrons. The minimum Gasteiger partial charge on any atom is -0.0651 e. The van der Waals surface area contributed by atoms with E-state index in [9.17, 15) is 0 Å². The summed E-state index contributed by atoms with van der Waals surface area (Å²) < 4.78 is 0. The maximum Gasteiger partial charge on any atom is -0.0227 e. The fourth-order valence-electron chi connectivity index (χ4n) is 14.9. The minimum absolute atomic E-state index is 0.801. The van der Waals surface area contributed by atoms with E-state index in [1.165, 1.54) is 12.8 Å². The zero-order valence-electron chi connectivity index (χ0n) is 26.7. The average molecular weight is 533 g/mol. The molecule has 8 rings (SSSR count). The molecule has 0 N–H and O–H groups in total. The highest BCUT2D eigenvalue weighted by Crippen LogP contribution is 2.80. The SMILES string of the molecule is CCC(C)CC1C(C2CC3(CC(C4CC5(CC(C(C)C)C5)C4)C3)C2)CC23CCCCCCC4C(C)CC(C42)C13. The standard InChI is InChI=1S/C39H64/c1-6-25(4)13-32-34(23-39-12-10-8-7-9-11-31-26(5)14-33(35(31)39)36(32)39)30-21-38(22-30)19-29(20-38)28-17-37(18-28)15-27(16-37)24(2)3/h24-36H,6-23H2,1-5H3. The van der Waals surface area contributed by atoms with Crippen molar-refractivity contribution in [3.05, 3.63) is 0 Å². The van der Waals surface area contributed by atoms with Gasteiger partial charge in [-0.05, 0) is 177 Å². The van der Waals surface area contributed by atoms with Crippen LogP contribution in [-0.4, -0.2) is 0 Å². The number of hydrogen-bond donors (Lipinski definition) is 0. The molecule has 0 aromatic carbocycles. The van der Waals surface area contributed by atoms with Crippen molar-refractivity contribution >= 4 is 0 Å². The molecule has 8 aliphatic carbocycles. The average Bonchev–Trinajstić information content (AvgIpc) is 3.24. The first-order chi connectivity index (χ1) is 18.8. The van der Waals surface area contributed by atoms with Crippen molar-refractivity contribution in [2.24, 2.45) is 93.2 Å². The van der Waals surface area contributed by atoms with Crippen LogP contribution in [0, 0.1) is 93.2 Å². The molecule has 0 heterocycles. The molecule has 0 aliphatic heterocycles. The predicted octanol–water partition coefficient (Wildman–Crippen LogP) is 11.2. The smallest absolute Gasteiger partial charge is 0.0227 e. The minimum atomic E-state index is 0.801. The van der Waals surface area contributed by atoms with E-state index in [1.807, 2.05) is 0 Å². The highest BCUT2D eigenvalue weighted by Gasteiger charge is 2.73. The molecule has 8 fully saturated rings. The Kier molecular flexibility index (Phi) is 6.31. The van der Waals surface area contributed by atoms with Gasteiger partial charge >= 0.3 is 0 Å². The summed E-state index contributed by atoms with van der Waals surface area (Å²) in [6.07, 6.45) is 28.8. The van der Waals surface area contributed by atoms with Crippen LogP contribution in [0.15, 0.2) is 0 Å². The van der Waals surface area contributed by atoms with Gasteiger partial charge in [0, 0.05) is 0 Å². The lowest BCUT2D eigenvalue weighted by Gasteiger charge is -2.67. The van der Waals surface area contributed by atoms with E-state index >= 15 is 0 Å². The van der Waals surface area contributed by atoms with E-state index in [-0.39, 0.29) is 0 Å². The number of fused-ring (bicyclic) bond motifs is 1. The van der Waals surface area contributed by atoms with Gasteiger partial charge in [-0.1, -0.05) is 66.7 Å². The molecule has 0 heteroatoms. The van der Waals surface area contributed by atoms with Crippen molar-refractivity contribution in [1.29, 1.82) is 0 Å². The van der Waals surface area contributed by atoms with Crippen LogP contribution in [0.4, 0.5) is 0 Å². The summed E-state index contributed by atoms with van der Waals surface area (Å²) in [4.78, 5) is 0. The van der Waals surface area contributed by atoms with E-state index in [0.717, 1.165) is 93.2 Å². The third-order valence-corrected chi connectivity index (χ3v) is 16.8. The van der Waals surface area contributed by atoms with Crippen LogP contribution < -0.4 is 0 Å². The van der Waals surface area contributed by atoms with E-state index in [4.69, 9.17) is 0 Å². The molecule has 8 saturated carbocycles. The summed E-state index contributed by atoms with van der Waals surface area (Å²) in [5, 5.41) is 0. The van der Waals surface area contributed by atoms with E-state index in [2.05, 4.69) is 34.6 Å². The third kappa shape index (κ3) is 3.86. The summed E-state index contributed by atoms with van der Waals surface area (Å²) in [6.45, 7) is 12.7. The van der Waals surface area contributed by atoms with E-state index in [1.54, 1.807) is 103 Å². The summed E-state index contributed by atoms with van der Waals surface area (Å²) in [5.74, 6) is 14.1. The summed E-state index contributed by atoms with van der Waals surface area (Å²) in [6, 6.07) is 0. The van der Waals surface area contributed by atoms with Gasteiger partial charge < -0.3 is 0 Å². The maximum absolute atomic E-state index is 2.67. The first-order valence-electron chi connectivity index (χ1n) is 18.8. The van der Waals surface area contributed by atoms with Crippen LogP contribution in [0.2, 0.25) is 0 Å². The molecule has 9 unspecified atom stereocenters. The Bertz CT molecular complexity index is 900. The molecule has 220 valence electrons. The maximum atomic E-state index is 2.67. The molecule has 0 aromatic heterocycles. The van der Waals surface area contributed by atoms with Crippen molar-refractivity contribution in [3.8, 4) is 0 Å². The molecule has 39 heavy (non-hydrogen) atoms. The Morgan fingerprint density at radius 1 is 0.667 bits per heavy atom. The van der Waals surface area contributed by atoms with Gasteiger partial charge in [-0.25, -0.2) is 0 Å². The van der Waals surface area contributed by atoms with Crippen LogP contribution in [-0.2, 0) is 0 Å². The lowest BCUT2D eigenvalue weighted by molar-refractivity contribution is -0.165. The second-order valence-corrected chi connectivity index (χ2v) is 19.0.